The van der Waals surface area contributed by atoms with Crippen LogP contribution in [0, 0.1) is 0 Å². The molecule has 1 aliphatic carbocycles. The molecule has 0 saturated carbocycles. The second kappa shape index (κ2) is 15.5. The van der Waals surface area contributed by atoms with Gasteiger partial charge in [0.05, 0.1) is 11.0 Å². The van der Waals surface area contributed by atoms with Gasteiger partial charge in [0.25, 0.3) is 0 Å². The SMILES string of the molecule is CC1(C)c2ccccc2-c2cc3c4cc(N(c5ccc6ccccc6c5)c5ccc6c(c5)oc5ccccc56)ccc4n(-c4cccc(-c5nc(-c6ccccc6)nc(-c6ccccc6)n5)c4)c3cc21. The van der Waals surface area contributed by atoms with Crippen LogP contribution >= 0.6 is 0 Å². The molecule has 0 spiro atoms. The Balaban J connectivity index is 0.999. The van der Waals surface area contributed by atoms with Crippen molar-refractivity contribution in [2.24, 2.45) is 0 Å². The Labute approximate surface area is 404 Å². The van der Waals surface area contributed by atoms with Crippen molar-refractivity contribution in [1.29, 1.82) is 0 Å². The molecular formula is C64H43N5O. The average Bonchev–Trinajstić information content (AvgIpc) is 4.03. The lowest BCUT2D eigenvalue weighted by Crippen LogP contribution is -2.14. The summed E-state index contributed by atoms with van der Waals surface area (Å²) in [6.45, 7) is 4.70. The third-order valence-electron chi connectivity index (χ3n) is 14.4. The largest absolute Gasteiger partial charge is 0.456 e. The van der Waals surface area contributed by atoms with E-state index in [2.05, 4.69) is 175 Å². The van der Waals surface area contributed by atoms with Crippen molar-refractivity contribution in [2.75, 3.05) is 4.90 Å². The molecule has 0 N–H and O–H groups in total. The maximum atomic E-state index is 6.51. The molecule has 14 rings (SSSR count). The van der Waals surface area contributed by atoms with Gasteiger partial charge in [0, 0.05) is 72.5 Å². The number of aromatic nitrogens is 4. The van der Waals surface area contributed by atoms with Crippen LogP contribution in [0.1, 0.15) is 25.0 Å². The van der Waals surface area contributed by atoms with Crippen LogP contribution in [0.2, 0.25) is 0 Å². The van der Waals surface area contributed by atoms with Gasteiger partial charge in [0.2, 0.25) is 0 Å². The molecule has 0 aliphatic heterocycles. The minimum Gasteiger partial charge on any atom is -0.456 e. The first-order valence-electron chi connectivity index (χ1n) is 23.8. The molecule has 3 heterocycles. The molecule has 0 bridgehead atoms. The Kier molecular flexibility index (Phi) is 8.83. The van der Waals surface area contributed by atoms with Gasteiger partial charge in [-0.05, 0) is 106 Å². The van der Waals surface area contributed by atoms with Gasteiger partial charge in [0.1, 0.15) is 11.2 Å². The molecule has 0 fully saturated rings. The van der Waals surface area contributed by atoms with E-state index in [1.54, 1.807) is 0 Å². The van der Waals surface area contributed by atoms with Crippen molar-refractivity contribution >= 4 is 71.6 Å². The quantitative estimate of drug-likeness (QED) is 0.159. The zero-order valence-corrected chi connectivity index (χ0v) is 38.5. The van der Waals surface area contributed by atoms with E-state index in [4.69, 9.17) is 19.4 Å². The summed E-state index contributed by atoms with van der Waals surface area (Å²) in [5, 5.41) is 6.91. The molecule has 0 radical (unpaired) electrons. The van der Waals surface area contributed by atoms with E-state index in [1.165, 1.54) is 38.4 Å². The minimum atomic E-state index is -0.191. The lowest BCUT2D eigenvalue weighted by molar-refractivity contribution is 0.661. The highest BCUT2D eigenvalue weighted by atomic mass is 16.3. The van der Waals surface area contributed by atoms with Crippen LogP contribution in [0.3, 0.4) is 0 Å². The molecule has 70 heavy (non-hydrogen) atoms. The normalized spacial score (nSPS) is 12.8. The molecule has 0 unspecified atom stereocenters. The molecule has 10 aromatic carbocycles. The van der Waals surface area contributed by atoms with E-state index in [9.17, 15) is 0 Å². The van der Waals surface area contributed by atoms with Crippen molar-refractivity contribution < 1.29 is 4.42 Å². The summed E-state index contributed by atoms with van der Waals surface area (Å²) in [4.78, 5) is 17.6. The van der Waals surface area contributed by atoms with Gasteiger partial charge in [-0.3, -0.25) is 0 Å². The van der Waals surface area contributed by atoms with Crippen molar-refractivity contribution in [1.82, 2.24) is 19.5 Å². The third-order valence-corrected chi connectivity index (χ3v) is 14.4. The van der Waals surface area contributed by atoms with Gasteiger partial charge < -0.3 is 13.9 Å². The molecule has 330 valence electrons. The summed E-state index contributed by atoms with van der Waals surface area (Å²) in [7, 11) is 0. The molecule has 0 amide bonds. The summed E-state index contributed by atoms with van der Waals surface area (Å²) in [5.41, 5.74) is 15.9. The summed E-state index contributed by atoms with van der Waals surface area (Å²) in [5.74, 6) is 1.88. The van der Waals surface area contributed by atoms with Crippen LogP contribution in [0.25, 0.3) is 105 Å². The Morgan fingerprint density at radius 1 is 0.386 bits per heavy atom. The number of hydrogen-bond acceptors (Lipinski definition) is 5. The first-order chi connectivity index (χ1) is 34.4. The van der Waals surface area contributed by atoms with Gasteiger partial charge in [-0.2, -0.15) is 0 Å². The van der Waals surface area contributed by atoms with Crippen LogP contribution in [0.4, 0.5) is 17.1 Å². The van der Waals surface area contributed by atoms with Gasteiger partial charge >= 0.3 is 0 Å². The van der Waals surface area contributed by atoms with Crippen LogP contribution in [0.5, 0.6) is 0 Å². The maximum absolute atomic E-state index is 6.51. The number of anilines is 3. The molecule has 6 nitrogen and oxygen atoms in total. The zero-order chi connectivity index (χ0) is 46.5. The first-order valence-corrected chi connectivity index (χ1v) is 23.8. The average molecular weight is 898 g/mol. The minimum absolute atomic E-state index is 0.191. The van der Waals surface area contributed by atoms with E-state index in [-0.39, 0.29) is 5.41 Å². The monoisotopic (exact) mass is 897 g/mol. The van der Waals surface area contributed by atoms with E-state index in [0.717, 1.165) is 77.8 Å². The van der Waals surface area contributed by atoms with Gasteiger partial charge in [-0.25, -0.2) is 15.0 Å². The van der Waals surface area contributed by atoms with E-state index in [0.29, 0.717) is 17.5 Å². The van der Waals surface area contributed by atoms with E-state index < -0.39 is 0 Å². The number of para-hydroxylation sites is 1. The highest BCUT2D eigenvalue weighted by Gasteiger charge is 2.36. The number of rotatable bonds is 7. The number of nitrogens with zero attached hydrogens (tertiary/aromatic N) is 5. The number of benzene rings is 10. The summed E-state index contributed by atoms with van der Waals surface area (Å²) in [6.07, 6.45) is 0. The van der Waals surface area contributed by atoms with E-state index in [1.807, 2.05) is 72.8 Å². The first kappa shape index (κ1) is 40.0. The lowest BCUT2D eigenvalue weighted by atomic mass is 9.82. The fourth-order valence-electron chi connectivity index (χ4n) is 11.0. The summed E-state index contributed by atoms with van der Waals surface area (Å²) < 4.78 is 8.94. The van der Waals surface area contributed by atoms with Crippen molar-refractivity contribution in [3.63, 3.8) is 0 Å². The second-order valence-electron chi connectivity index (χ2n) is 18.9. The number of furan rings is 1. The molecule has 0 saturated heterocycles. The topological polar surface area (TPSA) is 60.0 Å². The molecule has 3 aromatic heterocycles. The predicted octanol–water partition coefficient (Wildman–Crippen LogP) is 16.8. The van der Waals surface area contributed by atoms with Crippen molar-refractivity contribution in [3.8, 4) is 51.0 Å². The third kappa shape index (κ3) is 6.30. The van der Waals surface area contributed by atoms with Crippen molar-refractivity contribution in [2.45, 2.75) is 19.3 Å². The molecule has 1 aliphatic rings. The maximum Gasteiger partial charge on any atom is 0.164 e. The fourth-order valence-corrected chi connectivity index (χ4v) is 11.0. The molecular weight excluding hydrogens is 855 g/mol. The Bertz CT molecular complexity index is 4170. The Morgan fingerprint density at radius 3 is 1.79 bits per heavy atom. The van der Waals surface area contributed by atoms with E-state index >= 15 is 0 Å². The van der Waals surface area contributed by atoms with Crippen LogP contribution in [-0.2, 0) is 5.41 Å². The molecule has 6 heteroatoms. The smallest absolute Gasteiger partial charge is 0.164 e. The zero-order valence-electron chi connectivity index (χ0n) is 38.5. The standard InChI is InChI=1S/C64H43N5O/c1-64(2)55-26-13-11-24-49(55)52-38-54-53-36-47(68(46-29-28-40-16-9-10-21-43(40)34-46)48-30-32-51-50-25-12-14-27-59(50)70-60(51)37-48)31-33-57(53)69(58(54)39-56(52)64)45-23-15-22-44(35-45)63-66-61(41-17-5-3-6-18-41)65-62(67-63)42-19-7-4-8-20-42/h3-39H,1-2H3. The number of hydrogen-bond donors (Lipinski definition) is 0. The fraction of sp³-hybridized carbons (Fsp3) is 0.0469. The molecule has 0 atom stereocenters. The number of fused-ring (bicyclic) bond motifs is 10. The van der Waals surface area contributed by atoms with Crippen LogP contribution in [-0.4, -0.2) is 19.5 Å². The molecule has 13 aromatic rings. The highest BCUT2D eigenvalue weighted by Crippen LogP contribution is 2.52. The van der Waals surface area contributed by atoms with Crippen molar-refractivity contribution in [3.05, 3.63) is 236 Å². The lowest BCUT2D eigenvalue weighted by Gasteiger charge is -2.26. The summed E-state index contributed by atoms with van der Waals surface area (Å²) >= 11 is 0. The van der Waals surface area contributed by atoms with Gasteiger partial charge in [0.15, 0.2) is 17.5 Å². The highest BCUT2D eigenvalue weighted by molar-refractivity contribution is 6.13. The predicted molar refractivity (Wildman–Crippen MR) is 288 cm³/mol. The Morgan fingerprint density at radius 2 is 0.986 bits per heavy atom. The van der Waals surface area contributed by atoms with Crippen LogP contribution in [0.15, 0.2) is 229 Å². The van der Waals surface area contributed by atoms with Gasteiger partial charge in [-0.15, -0.1) is 0 Å². The second-order valence-corrected chi connectivity index (χ2v) is 18.9. The van der Waals surface area contributed by atoms with Gasteiger partial charge in [-0.1, -0.05) is 159 Å². The summed E-state index contributed by atoms with van der Waals surface area (Å²) in [6, 6.07) is 79.8. The van der Waals surface area contributed by atoms with Crippen LogP contribution < -0.4 is 4.90 Å². The Hall–Kier alpha value is -9.13.